The second kappa shape index (κ2) is 5.84. The Kier molecular flexibility index (Phi) is 4.71. The molecule has 14 heavy (non-hydrogen) atoms. The van der Waals surface area contributed by atoms with E-state index in [-0.39, 0.29) is 5.97 Å². The lowest BCUT2D eigenvalue weighted by Gasteiger charge is -2.08. The van der Waals surface area contributed by atoms with Crippen LogP contribution in [-0.4, -0.2) is 12.6 Å². The predicted octanol–water partition coefficient (Wildman–Crippen LogP) is 3.22. The molecule has 0 aromatic carbocycles. The van der Waals surface area contributed by atoms with Crippen molar-refractivity contribution < 1.29 is 9.53 Å². The Hall–Kier alpha value is -0.790. The highest BCUT2D eigenvalue weighted by atomic mass is 16.5. The SMILES string of the molecule is CCOC(=O)C(C)=C1CCCCCC1. The summed E-state index contributed by atoms with van der Waals surface area (Å²) in [6.45, 7) is 4.23. The molecule has 1 fully saturated rings. The largest absolute Gasteiger partial charge is 0.463 e. The third kappa shape index (κ3) is 3.17. The van der Waals surface area contributed by atoms with Crippen LogP contribution in [0.2, 0.25) is 0 Å². The molecular weight excluding hydrogens is 176 g/mol. The van der Waals surface area contributed by atoms with E-state index < -0.39 is 0 Å². The zero-order valence-corrected chi connectivity index (χ0v) is 9.27. The molecule has 0 aromatic rings. The van der Waals surface area contributed by atoms with Crippen LogP contribution in [0.1, 0.15) is 52.4 Å². The summed E-state index contributed by atoms with van der Waals surface area (Å²) in [6, 6.07) is 0. The molecule has 1 saturated carbocycles. The normalized spacial score (nSPS) is 17.4. The molecule has 0 radical (unpaired) electrons. The molecule has 0 atom stereocenters. The van der Waals surface area contributed by atoms with Crippen LogP contribution in [0.4, 0.5) is 0 Å². The Labute approximate surface area is 86.3 Å². The van der Waals surface area contributed by atoms with Crippen molar-refractivity contribution >= 4 is 5.97 Å². The molecule has 0 bridgehead atoms. The summed E-state index contributed by atoms with van der Waals surface area (Å²) in [6.07, 6.45) is 7.24. The Morgan fingerprint density at radius 1 is 1.21 bits per heavy atom. The molecule has 1 rings (SSSR count). The molecule has 0 aromatic heterocycles. The molecule has 80 valence electrons. The summed E-state index contributed by atoms with van der Waals surface area (Å²) in [7, 11) is 0. The summed E-state index contributed by atoms with van der Waals surface area (Å²) in [5.74, 6) is -0.121. The zero-order valence-electron chi connectivity index (χ0n) is 9.27. The number of esters is 1. The van der Waals surface area contributed by atoms with Gasteiger partial charge in [0, 0.05) is 5.57 Å². The third-order valence-corrected chi connectivity index (χ3v) is 2.82. The molecule has 1 aliphatic rings. The molecule has 0 amide bonds. The Morgan fingerprint density at radius 3 is 2.29 bits per heavy atom. The quantitative estimate of drug-likeness (QED) is 0.385. The maximum atomic E-state index is 11.5. The first-order valence-electron chi connectivity index (χ1n) is 5.61. The lowest BCUT2D eigenvalue weighted by atomic mass is 10.0. The summed E-state index contributed by atoms with van der Waals surface area (Å²) in [4.78, 5) is 11.5. The van der Waals surface area contributed by atoms with Crippen LogP contribution in [0.25, 0.3) is 0 Å². The number of carbonyl (C=O) groups is 1. The second-order valence-electron chi connectivity index (χ2n) is 3.86. The van der Waals surface area contributed by atoms with Crippen molar-refractivity contribution in [1.29, 1.82) is 0 Å². The Bertz CT molecular complexity index is 218. The minimum atomic E-state index is -0.121. The van der Waals surface area contributed by atoms with E-state index in [1.807, 2.05) is 13.8 Å². The molecule has 1 aliphatic carbocycles. The maximum absolute atomic E-state index is 11.5. The van der Waals surface area contributed by atoms with Gasteiger partial charge in [-0.05, 0) is 39.5 Å². The summed E-state index contributed by atoms with van der Waals surface area (Å²) in [5, 5.41) is 0. The first-order valence-corrected chi connectivity index (χ1v) is 5.61. The van der Waals surface area contributed by atoms with Crippen molar-refractivity contribution in [3.05, 3.63) is 11.1 Å². The highest BCUT2D eigenvalue weighted by Gasteiger charge is 2.13. The van der Waals surface area contributed by atoms with Crippen molar-refractivity contribution in [2.45, 2.75) is 52.4 Å². The van der Waals surface area contributed by atoms with Crippen molar-refractivity contribution in [3.8, 4) is 0 Å². The second-order valence-corrected chi connectivity index (χ2v) is 3.86. The zero-order chi connectivity index (χ0) is 10.4. The lowest BCUT2D eigenvalue weighted by Crippen LogP contribution is -2.07. The van der Waals surface area contributed by atoms with Gasteiger partial charge < -0.3 is 4.74 Å². The van der Waals surface area contributed by atoms with E-state index in [2.05, 4.69) is 0 Å². The smallest absolute Gasteiger partial charge is 0.333 e. The molecule has 0 saturated heterocycles. The molecular formula is C12H20O2. The van der Waals surface area contributed by atoms with Gasteiger partial charge in [0.1, 0.15) is 0 Å². The number of allylic oxidation sites excluding steroid dienone is 1. The summed E-state index contributed by atoms with van der Waals surface area (Å²) < 4.78 is 5.00. The molecule has 0 unspecified atom stereocenters. The van der Waals surface area contributed by atoms with Gasteiger partial charge in [-0.15, -0.1) is 0 Å². The van der Waals surface area contributed by atoms with Gasteiger partial charge in [0.2, 0.25) is 0 Å². The number of carbonyl (C=O) groups excluding carboxylic acids is 1. The van der Waals surface area contributed by atoms with Crippen LogP contribution in [-0.2, 0) is 9.53 Å². The first kappa shape index (κ1) is 11.3. The lowest BCUT2D eigenvalue weighted by molar-refractivity contribution is -0.138. The van der Waals surface area contributed by atoms with Crippen LogP contribution in [0.5, 0.6) is 0 Å². The number of rotatable bonds is 2. The molecule has 0 heterocycles. The number of hydrogen-bond donors (Lipinski definition) is 0. The minimum Gasteiger partial charge on any atom is -0.463 e. The van der Waals surface area contributed by atoms with Crippen molar-refractivity contribution in [1.82, 2.24) is 0 Å². The molecule has 2 nitrogen and oxygen atoms in total. The monoisotopic (exact) mass is 196 g/mol. The van der Waals surface area contributed by atoms with Gasteiger partial charge in [-0.3, -0.25) is 0 Å². The Balaban J connectivity index is 2.64. The van der Waals surface area contributed by atoms with Crippen LogP contribution >= 0.6 is 0 Å². The average molecular weight is 196 g/mol. The predicted molar refractivity (Wildman–Crippen MR) is 57.0 cm³/mol. The van der Waals surface area contributed by atoms with Gasteiger partial charge in [0.25, 0.3) is 0 Å². The fourth-order valence-electron chi connectivity index (χ4n) is 1.91. The highest BCUT2D eigenvalue weighted by Crippen LogP contribution is 2.25. The molecule has 0 N–H and O–H groups in total. The van der Waals surface area contributed by atoms with E-state index in [1.165, 1.54) is 31.3 Å². The van der Waals surface area contributed by atoms with E-state index in [1.54, 1.807) is 0 Å². The molecule has 0 spiro atoms. The van der Waals surface area contributed by atoms with Crippen molar-refractivity contribution in [2.75, 3.05) is 6.61 Å². The van der Waals surface area contributed by atoms with Gasteiger partial charge in [0.15, 0.2) is 0 Å². The first-order chi connectivity index (χ1) is 6.75. The van der Waals surface area contributed by atoms with Crippen molar-refractivity contribution in [3.63, 3.8) is 0 Å². The summed E-state index contributed by atoms with van der Waals surface area (Å²) >= 11 is 0. The van der Waals surface area contributed by atoms with E-state index in [0.717, 1.165) is 18.4 Å². The molecule has 2 heteroatoms. The minimum absolute atomic E-state index is 0.121. The molecule has 0 aliphatic heterocycles. The van der Waals surface area contributed by atoms with Crippen LogP contribution in [0.15, 0.2) is 11.1 Å². The van der Waals surface area contributed by atoms with Crippen LogP contribution in [0, 0.1) is 0 Å². The maximum Gasteiger partial charge on any atom is 0.333 e. The fourth-order valence-corrected chi connectivity index (χ4v) is 1.91. The van der Waals surface area contributed by atoms with E-state index in [9.17, 15) is 4.79 Å². The van der Waals surface area contributed by atoms with Gasteiger partial charge in [-0.1, -0.05) is 18.4 Å². The fraction of sp³-hybridized carbons (Fsp3) is 0.750. The van der Waals surface area contributed by atoms with E-state index in [0.29, 0.717) is 6.61 Å². The van der Waals surface area contributed by atoms with E-state index in [4.69, 9.17) is 4.74 Å². The summed E-state index contributed by atoms with van der Waals surface area (Å²) in [5.41, 5.74) is 2.18. The Morgan fingerprint density at radius 2 is 1.79 bits per heavy atom. The van der Waals surface area contributed by atoms with Crippen LogP contribution in [0.3, 0.4) is 0 Å². The highest BCUT2D eigenvalue weighted by molar-refractivity contribution is 5.88. The number of hydrogen-bond acceptors (Lipinski definition) is 2. The van der Waals surface area contributed by atoms with Gasteiger partial charge in [-0.25, -0.2) is 4.79 Å². The van der Waals surface area contributed by atoms with Gasteiger partial charge in [-0.2, -0.15) is 0 Å². The third-order valence-electron chi connectivity index (χ3n) is 2.82. The number of ether oxygens (including phenoxy) is 1. The average Bonchev–Trinajstić information content (AvgIpc) is 2.45. The van der Waals surface area contributed by atoms with Crippen LogP contribution < -0.4 is 0 Å². The standard InChI is InChI=1S/C12H20O2/c1-3-14-12(13)10(2)11-8-6-4-5-7-9-11/h3-9H2,1-2H3. The topological polar surface area (TPSA) is 26.3 Å². The van der Waals surface area contributed by atoms with E-state index >= 15 is 0 Å². The van der Waals surface area contributed by atoms with Gasteiger partial charge in [0.05, 0.1) is 6.61 Å². The van der Waals surface area contributed by atoms with Crippen molar-refractivity contribution in [2.24, 2.45) is 0 Å². The van der Waals surface area contributed by atoms with Gasteiger partial charge >= 0.3 is 5.97 Å².